The number of nitrogens with zero attached hydrogens (tertiary/aromatic N) is 1. The highest BCUT2D eigenvalue weighted by atomic mass is 16.1. The van der Waals surface area contributed by atoms with Gasteiger partial charge in [0.05, 0.1) is 0 Å². The van der Waals surface area contributed by atoms with Crippen molar-refractivity contribution in [3.05, 3.63) is 23.3 Å². The van der Waals surface area contributed by atoms with Crippen LogP contribution in [0.4, 0.5) is 0 Å². The van der Waals surface area contributed by atoms with Gasteiger partial charge in [0, 0.05) is 18.7 Å². The summed E-state index contributed by atoms with van der Waals surface area (Å²) in [5.41, 5.74) is 2.10. The number of nitrogens with one attached hydrogen (secondary N) is 1. The standard InChI is InChI=1S/C12H20N2O/c1-10-5-4-6-11(9-10)12(15)13-7-8-14(2)3/h6,9H,4-5,7-8H2,1-3H3,(H,13,15). The van der Waals surface area contributed by atoms with Crippen LogP contribution in [0.15, 0.2) is 23.3 Å². The molecule has 0 fully saturated rings. The minimum absolute atomic E-state index is 0.0518. The molecule has 0 aromatic carbocycles. The maximum atomic E-state index is 11.7. The predicted molar refractivity (Wildman–Crippen MR) is 62.6 cm³/mol. The Morgan fingerprint density at radius 1 is 1.53 bits per heavy atom. The van der Waals surface area contributed by atoms with Crippen LogP contribution < -0.4 is 5.32 Å². The first-order valence-corrected chi connectivity index (χ1v) is 5.40. The van der Waals surface area contributed by atoms with Crippen molar-refractivity contribution in [3.8, 4) is 0 Å². The van der Waals surface area contributed by atoms with E-state index in [2.05, 4.69) is 17.1 Å². The Kier molecular flexibility index (Phi) is 4.56. The molecule has 0 spiro atoms. The molecule has 15 heavy (non-hydrogen) atoms. The lowest BCUT2D eigenvalue weighted by Crippen LogP contribution is -2.32. The summed E-state index contributed by atoms with van der Waals surface area (Å²) in [7, 11) is 3.99. The van der Waals surface area contributed by atoms with Gasteiger partial charge in [-0.15, -0.1) is 0 Å². The fourth-order valence-electron chi connectivity index (χ4n) is 1.51. The minimum atomic E-state index is 0.0518. The molecule has 1 amide bonds. The lowest BCUT2D eigenvalue weighted by Gasteiger charge is -2.13. The Morgan fingerprint density at radius 2 is 2.27 bits per heavy atom. The van der Waals surface area contributed by atoms with Crippen LogP contribution in [-0.4, -0.2) is 38.0 Å². The van der Waals surface area contributed by atoms with E-state index in [0.29, 0.717) is 6.54 Å². The highest BCUT2D eigenvalue weighted by molar-refractivity contribution is 5.96. The van der Waals surface area contributed by atoms with Gasteiger partial charge in [-0.1, -0.05) is 17.7 Å². The topological polar surface area (TPSA) is 32.3 Å². The SMILES string of the molecule is CC1=CC(C(=O)NCCN(C)C)=CCC1. The Hall–Kier alpha value is -1.09. The molecular weight excluding hydrogens is 188 g/mol. The number of carbonyl (C=O) groups excluding carboxylic acids is 1. The van der Waals surface area contributed by atoms with E-state index in [0.717, 1.165) is 25.0 Å². The molecule has 84 valence electrons. The van der Waals surface area contributed by atoms with Crippen molar-refractivity contribution in [2.75, 3.05) is 27.2 Å². The summed E-state index contributed by atoms with van der Waals surface area (Å²) in [6, 6.07) is 0. The quantitative estimate of drug-likeness (QED) is 0.756. The number of amides is 1. The van der Waals surface area contributed by atoms with E-state index in [1.165, 1.54) is 5.57 Å². The van der Waals surface area contributed by atoms with E-state index in [-0.39, 0.29) is 5.91 Å². The number of allylic oxidation sites excluding steroid dienone is 2. The molecule has 0 aromatic rings. The van der Waals surface area contributed by atoms with Gasteiger partial charge in [0.15, 0.2) is 0 Å². The van der Waals surface area contributed by atoms with E-state index >= 15 is 0 Å². The van der Waals surface area contributed by atoms with Crippen molar-refractivity contribution < 1.29 is 4.79 Å². The normalized spacial score (nSPS) is 16.0. The molecule has 1 rings (SSSR count). The Morgan fingerprint density at radius 3 is 2.87 bits per heavy atom. The van der Waals surface area contributed by atoms with Gasteiger partial charge in [-0.25, -0.2) is 0 Å². The third-order valence-corrected chi connectivity index (χ3v) is 2.41. The molecule has 0 atom stereocenters. The van der Waals surface area contributed by atoms with Crippen molar-refractivity contribution in [3.63, 3.8) is 0 Å². The summed E-state index contributed by atoms with van der Waals surface area (Å²) in [5.74, 6) is 0.0518. The van der Waals surface area contributed by atoms with Crippen molar-refractivity contribution in [2.45, 2.75) is 19.8 Å². The van der Waals surface area contributed by atoms with Gasteiger partial charge in [-0.3, -0.25) is 4.79 Å². The van der Waals surface area contributed by atoms with E-state index in [1.807, 2.05) is 26.2 Å². The molecule has 0 radical (unpaired) electrons. The van der Waals surface area contributed by atoms with Gasteiger partial charge in [0.2, 0.25) is 0 Å². The number of hydrogen-bond acceptors (Lipinski definition) is 2. The van der Waals surface area contributed by atoms with Gasteiger partial charge in [0.25, 0.3) is 5.91 Å². The molecular formula is C12H20N2O. The summed E-state index contributed by atoms with van der Waals surface area (Å²) < 4.78 is 0. The molecule has 0 aliphatic heterocycles. The summed E-state index contributed by atoms with van der Waals surface area (Å²) in [6.45, 7) is 3.65. The molecule has 0 aromatic heterocycles. The third kappa shape index (κ3) is 4.30. The molecule has 0 saturated carbocycles. The zero-order chi connectivity index (χ0) is 11.3. The first kappa shape index (κ1) is 12.0. The molecule has 3 heteroatoms. The van der Waals surface area contributed by atoms with Crippen LogP contribution in [0.2, 0.25) is 0 Å². The third-order valence-electron chi connectivity index (χ3n) is 2.41. The Bertz CT molecular complexity index is 290. The van der Waals surface area contributed by atoms with E-state index < -0.39 is 0 Å². The maximum absolute atomic E-state index is 11.7. The first-order valence-electron chi connectivity index (χ1n) is 5.40. The second-order valence-corrected chi connectivity index (χ2v) is 4.25. The second kappa shape index (κ2) is 5.71. The summed E-state index contributed by atoms with van der Waals surface area (Å²) in [6.07, 6.45) is 6.06. The summed E-state index contributed by atoms with van der Waals surface area (Å²) >= 11 is 0. The van der Waals surface area contributed by atoms with E-state index in [9.17, 15) is 4.79 Å². The molecule has 1 aliphatic carbocycles. The highest BCUT2D eigenvalue weighted by Crippen LogP contribution is 2.16. The van der Waals surface area contributed by atoms with E-state index in [4.69, 9.17) is 0 Å². The smallest absolute Gasteiger partial charge is 0.250 e. The summed E-state index contributed by atoms with van der Waals surface area (Å²) in [4.78, 5) is 13.7. The number of rotatable bonds is 4. The molecule has 1 aliphatic rings. The van der Waals surface area contributed by atoms with Gasteiger partial charge >= 0.3 is 0 Å². The average molecular weight is 208 g/mol. The molecule has 0 unspecified atom stereocenters. The largest absolute Gasteiger partial charge is 0.351 e. The van der Waals surface area contributed by atoms with Gasteiger partial charge < -0.3 is 10.2 Å². The van der Waals surface area contributed by atoms with Gasteiger partial charge in [0.1, 0.15) is 0 Å². The molecule has 1 N–H and O–H groups in total. The van der Waals surface area contributed by atoms with Crippen LogP contribution in [0.25, 0.3) is 0 Å². The zero-order valence-corrected chi connectivity index (χ0v) is 9.84. The van der Waals surface area contributed by atoms with Crippen LogP contribution in [0.3, 0.4) is 0 Å². The predicted octanol–water partition coefficient (Wildman–Crippen LogP) is 1.33. The molecule has 0 heterocycles. The van der Waals surface area contributed by atoms with Crippen LogP contribution in [0.1, 0.15) is 19.8 Å². The number of carbonyl (C=O) groups is 1. The van der Waals surface area contributed by atoms with Gasteiger partial charge in [-0.05, 0) is 33.9 Å². The number of likely N-dealkylation sites (N-methyl/N-ethyl adjacent to an activating group) is 1. The molecule has 3 nitrogen and oxygen atoms in total. The molecule has 0 saturated heterocycles. The highest BCUT2D eigenvalue weighted by Gasteiger charge is 2.09. The fraction of sp³-hybridized carbons (Fsp3) is 0.583. The Balaban J connectivity index is 2.37. The van der Waals surface area contributed by atoms with E-state index in [1.54, 1.807) is 0 Å². The van der Waals surface area contributed by atoms with Crippen LogP contribution in [-0.2, 0) is 4.79 Å². The van der Waals surface area contributed by atoms with Crippen molar-refractivity contribution in [1.82, 2.24) is 10.2 Å². The second-order valence-electron chi connectivity index (χ2n) is 4.25. The van der Waals surface area contributed by atoms with Crippen LogP contribution in [0, 0.1) is 0 Å². The van der Waals surface area contributed by atoms with Gasteiger partial charge in [-0.2, -0.15) is 0 Å². The first-order chi connectivity index (χ1) is 7.09. The number of hydrogen-bond donors (Lipinski definition) is 1. The van der Waals surface area contributed by atoms with Crippen LogP contribution in [0.5, 0.6) is 0 Å². The minimum Gasteiger partial charge on any atom is -0.351 e. The van der Waals surface area contributed by atoms with Crippen molar-refractivity contribution in [1.29, 1.82) is 0 Å². The van der Waals surface area contributed by atoms with Crippen molar-refractivity contribution in [2.24, 2.45) is 0 Å². The fourth-order valence-corrected chi connectivity index (χ4v) is 1.51. The lowest BCUT2D eigenvalue weighted by atomic mass is 10.0. The lowest BCUT2D eigenvalue weighted by molar-refractivity contribution is -0.117. The zero-order valence-electron chi connectivity index (χ0n) is 9.84. The maximum Gasteiger partial charge on any atom is 0.250 e. The summed E-state index contributed by atoms with van der Waals surface area (Å²) in [5, 5.41) is 2.91. The van der Waals surface area contributed by atoms with Crippen molar-refractivity contribution >= 4 is 5.91 Å². The monoisotopic (exact) mass is 208 g/mol. The molecule has 0 bridgehead atoms. The Labute approximate surface area is 91.8 Å². The average Bonchev–Trinajstić information content (AvgIpc) is 2.17. The van der Waals surface area contributed by atoms with Crippen LogP contribution >= 0.6 is 0 Å².